The molecule has 4 nitrogen and oxygen atoms in total. The van der Waals surface area contributed by atoms with Crippen LogP contribution in [0.4, 0.5) is 11.4 Å². The molecule has 1 amide bonds. The number of carbonyl (C=O) groups is 1. The summed E-state index contributed by atoms with van der Waals surface area (Å²) in [4.78, 5) is 18.4. The lowest BCUT2D eigenvalue weighted by Gasteiger charge is -2.20. The number of aromatic nitrogens is 1. The topological polar surface area (TPSA) is 45.2 Å². The quantitative estimate of drug-likeness (QED) is 0.930. The Kier molecular flexibility index (Phi) is 4.74. The van der Waals surface area contributed by atoms with Crippen LogP contribution in [0.2, 0.25) is 0 Å². The van der Waals surface area contributed by atoms with Crippen molar-refractivity contribution >= 4 is 33.2 Å². The van der Waals surface area contributed by atoms with Gasteiger partial charge in [-0.2, -0.15) is 0 Å². The van der Waals surface area contributed by atoms with E-state index >= 15 is 0 Å². The van der Waals surface area contributed by atoms with Gasteiger partial charge in [0.15, 0.2) is 0 Å². The van der Waals surface area contributed by atoms with Crippen molar-refractivity contribution in [3.05, 3.63) is 52.8 Å². The summed E-state index contributed by atoms with van der Waals surface area (Å²) in [7, 11) is 1.99. The van der Waals surface area contributed by atoms with Gasteiger partial charge < -0.3 is 10.2 Å². The zero-order chi connectivity index (χ0) is 14.5. The third-order valence-corrected chi connectivity index (χ3v) is 3.65. The van der Waals surface area contributed by atoms with Crippen LogP contribution in [0.5, 0.6) is 0 Å². The number of benzene rings is 1. The maximum absolute atomic E-state index is 12.3. The van der Waals surface area contributed by atoms with E-state index in [-0.39, 0.29) is 5.91 Å². The smallest absolute Gasteiger partial charge is 0.275 e. The summed E-state index contributed by atoms with van der Waals surface area (Å²) in [5.74, 6) is -0.227. The van der Waals surface area contributed by atoms with Crippen molar-refractivity contribution in [1.82, 2.24) is 4.98 Å². The van der Waals surface area contributed by atoms with E-state index in [9.17, 15) is 4.79 Å². The van der Waals surface area contributed by atoms with Crippen molar-refractivity contribution in [2.75, 3.05) is 23.8 Å². The molecular formula is C15H16BrN3O. The van der Waals surface area contributed by atoms with Crippen LogP contribution in [0.1, 0.15) is 17.4 Å². The van der Waals surface area contributed by atoms with Crippen LogP contribution in [0, 0.1) is 0 Å². The zero-order valence-electron chi connectivity index (χ0n) is 11.4. The van der Waals surface area contributed by atoms with Gasteiger partial charge in [0.2, 0.25) is 0 Å². The second kappa shape index (κ2) is 6.52. The average molecular weight is 334 g/mol. The minimum absolute atomic E-state index is 0.227. The molecule has 2 rings (SSSR count). The number of para-hydroxylation sites is 2. The second-order valence-electron chi connectivity index (χ2n) is 4.32. The first-order valence-corrected chi connectivity index (χ1v) is 7.14. The standard InChI is InChI=1S/C15H16BrN3O/c1-3-19(2)13-9-5-4-8-12(13)18-15(20)14-11(16)7-6-10-17-14/h4-10H,3H2,1-2H3,(H,18,20). The number of hydrogen-bond acceptors (Lipinski definition) is 3. The Morgan fingerprint density at radius 2 is 2.05 bits per heavy atom. The maximum atomic E-state index is 12.3. The van der Waals surface area contributed by atoms with Crippen molar-refractivity contribution in [2.24, 2.45) is 0 Å². The van der Waals surface area contributed by atoms with E-state index in [0.717, 1.165) is 17.9 Å². The average Bonchev–Trinajstić information content (AvgIpc) is 2.47. The largest absolute Gasteiger partial charge is 0.373 e. The van der Waals surface area contributed by atoms with Crippen molar-refractivity contribution in [2.45, 2.75) is 6.92 Å². The Labute approximate surface area is 127 Å². The minimum Gasteiger partial charge on any atom is -0.373 e. The zero-order valence-corrected chi connectivity index (χ0v) is 13.0. The molecule has 104 valence electrons. The van der Waals surface area contributed by atoms with Crippen LogP contribution in [0.25, 0.3) is 0 Å². The number of carbonyl (C=O) groups excluding carboxylic acids is 1. The molecule has 20 heavy (non-hydrogen) atoms. The number of nitrogens with zero attached hydrogens (tertiary/aromatic N) is 2. The van der Waals surface area contributed by atoms with E-state index in [1.54, 1.807) is 18.3 Å². The first kappa shape index (κ1) is 14.5. The summed E-state index contributed by atoms with van der Waals surface area (Å²) in [5, 5.41) is 2.91. The van der Waals surface area contributed by atoms with Crippen molar-refractivity contribution in [3.63, 3.8) is 0 Å². The molecule has 0 saturated heterocycles. The summed E-state index contributed by atoms with van der Waals surface area (Å²) >= 11 is 3.34. The van der Waals surface area contributed by atoms with Crippen LogP contribution in [-0.4, -0.2) is 24.5 Å². The highest BCUT2D eigenvalue weighted by Gasteiger charge is 2.14. The molecule has 0 saturated carbocycles. The van der Waals surface area contributed by atoms with E-state index in [1.165, 1.54) is 0 Å². The third kappa shape index (κ3) is 3.17. The van der Waals surface area contributed by atoms with Crippen molar-refractivity contribution in [3.8, 4) is 0 Å². The van der Waals surface area contributed by atoms with Crippen LogP contribution in [0.15, 0.2) is 47.1 Å². The Hall–Kier alpha value is -1.88. The molecular weight excluding hydrogens is 318 g/mol. The van der Waals surface area contributed by atoms with Gasteiger partial charge in [0.05, 0.1) is 11.4 Å². The molecule has 1 aromatic heterocycles. The molecule has 0 spiro atoms. The SMILES string of the molecule is CCN(C)c1ccccc1NC(=O)c1ncccc1Br. The Morgan fingerprint density at radius 3 is 2.75 bits per heavy atom. The van der Waals surface area contributed by atoms with E-state index in [2.05, 4.69) is 38.1 Å². The summed E-state index contributed by atoms with van der Waals surface area (Å²) in [6, 6.07) is 11.3. The molecule has 1 N–H and O–H groups in total. The number of hydrogen-bond donors (Lipinski definition) is 1. The number of amides is 1. The predicted octanol–water partition coefficient (Wildman–Crippen LogP) is 3.55. The highest BCUT2D eigenvalue weighted by atomic mass is 79.9. The molecule has 5 heteroatoms. The highest BCUT2D eigenvalue weighted by molar-refractivity contribution is 9.10. The summed E-state index contributed by atoms with van der Waals surface area (Å²) in [5.41, 5.74) is 2.14. The molecule has 0 radical (unpaired) electrons. The lowest BCUT2D eigenvalue weighted by molar-refractivity contribution is 0.102. The first-order chi connectivity index (χ1) is 9.63. The molecule has 1 aromatic carbocycles. The van der Waals surface area contributed by atoms with Gasteiger partial charge >= 0.3 is 0 Å². The summed E-state index contributed by atoms with van der Waals surface area (Å²) in [6.07, 6.45) is 1.60. The fourth-order valence-corrected chi connectivity index (χ4v) is 2.25. The number of rotatable bonds is 4. The fraction of sp³-hybridized carbons (Fsp3) is 0.200. The lowest BCUT2D eigenvalue weighted by Crippen LogP contribution is -2.20. The van der Waals surface area contributed by atoms with Crippen LogP contribution in [-0.2, 0) is 0 Å². The molecule has 0 fully saturated rings. The number of halogens is 1. The van der Waals surface area contributed by atoms with E-state index in [1.807, 2.05) is 31.3 Å². The summed E-state index contributed by atoms with van der Waals surface area (Å²) in [6.45, 7) is 2.92. The Bertz CT molecular complexity index is 616. The number of anilines is 2. The van der Waals surface area contributed by atoms with E-state index in [4.69, 9.17) is 0 Å². The monoisotopic (exact) mass is 333 g/mol. The number of pyridine rings is 1. The molecule has 0 bridgehead atoms. The Morgan fingerprint density at radius 1 is 1.30 bits per heavy atom. The highest BCUT2D eigenvalue weighted by Crippen LogP contribution is 2.25. The van der Waals surface area contributed by atoms with E-state index < -0.39 is 0 Å². The van der Waals surface area contributed by atoms with Gasteiger partial charge in [-0.1, -0.05) is 12.1 Å². The molecule has 0 aliphatic rings. The van der Waals surface area contributed by atoms with Crippen LogP contribution < -0.4 is 10.2 Å². The fourth-order valence-electron chi connectivity index (χ4n) is 1.82. The third-order valence-electron chi connectivity index (χ3n) is 3.01. The van der Waals surface area contributed by atoms with Crippen molar-refractivity contribution in [1.29, 1.82) is 0 Å². The second-order valence-corrected chi connectivity index (χ2v) is 5.17. The van der Waals surface area contributed by atoms with Gasteiger partial charge in [-0.3, -0.25) is 4.79 Å². The molecule has 0 aliphatic heterocycles. The molecule has 2 aromatic rings. The minimum atomic E-state index is -0.227. The molecule has 0 atom stereocenters. The normalized spacial score (nSPS) is 10.2. The molecule has 0 aliphatic carbocycles. The van der Waals surface area contributed by atoms with Crippen LogP contribution in [0.3, 0.4) is 0 Å². The summed E-state index contributed by atoms with van der Waals surface area (Å²) < 4.78 is 0.679. The van der Waals surface area contributed by atoms with Gasteiger partial charge in [-0.15, -0.1) is 0 Å². The maximum Gasteiger partial charge on any atom is 0.275 e. The van der Waals surface area contributed by atoms with Gasteiger partial charge in [0, 0.05) is 24.3 Å². The van der Waals surface area contributed by atoms with Gasteiger partial charge in [0.25, 0.3) is 5.91 Å². The lowest BCUT2D eigenvalue weighted by atomic mass is 10.2. The van der Waals surface area contributed by atoms with Gasteiger partial charge in [-0.25, -0.2) is 4.98 Å². The van der Waals surface area contributed by atoms with E-state index in [0.29, 0.717) is 10.2 Å². The van der Waals surface area contributed by atoms with Gasteiger partial charge in [-0.05, 0) is 47.1 Å². The van der Waals surface area contributed by atoms with Crippen LogP contribution >= 0.6 is 15.9 Å². The predicted molar refractivity (Wildman–Crippen MR) is 85.3 cm³/mol. The van der Waals surface area contributed by atoms with Crippen molar-refractivity contribution < 1.29 is 4.79 Å². The Balaban J connectivity index is 2.27. The molecule has 1 heterocycles. The van der Waals surface area contributed by atoms with Gasteiger partial charge in [0.1, 0.15) is 5.69 Å². The molecule has 0 unspecified atom stereocenters. The first-order valence-electron chi connectivity index (χ1n) is 6.35. The number of nitrogens with one attached hydrogen (secondary N) is 1.